The molecule has 1 N–H and O–H groups in total. The molecule has 6 nitrogen and oxygen atoms in total. The SMILES string of the molecule is CC(=N)C(C#N)C(=O)COC(=O)c1ccc(-n2cccc2)cc1. The predicted octanol–water partition coefficient (Wildman–Crippen LogP) is 2.38. The van der Waals surface area contributed by atoms with Crippen LogP contribution in [-0.2, 0) is 9.53 Å². The highest BCUT2D eigenvalue weighted by Crippen LogP contribution is 2.11. The van der Waals surface area contributed by atoms with Gasteiger partial charge in [-0.25, -0.2) is 4.79 Å². The highest BCUT2D eigenvalue weighted by molar-refractivity contribution is 6.06. The lowest BCUT2D eigenvalue weighted by molar-refractivity contribution is -0.122. The van der Waals surface area contributed by atoms with E-state index in [2.05, 4.69) is 0 Å². The number of nitrogens with one attached hydrogen (secondary N) is 1. The number of hydrogen-bond acceptors (Lipinski definition) is 5. The lowest BCUT2D eigenvalue weighted by Gasteiger charge is -2.08. The second-order valence-electron chi connectivity index (χ2n) is 4.92. The monoisotopic (exact) mass is 309 g/mol. The van der Waals surface area contributed by atoms with Gasteiger partial charge in [-0.1, -0.05) is 0 Å². The third-order valence-corrected chi connectivity index (χ3v) is 3.24. The molecule has 0 fully saturated rings. The molecule has 116 valence electrons. The number of Topliss-reactive ketones (excluding diaryl/α,β-unsaturated/α-hetero) is 1. The van der Waals surface area contributed by atoms with E-state index in [9.17, 15) is 9.59 Å². The first kappa shape index (κ1) is 16.2. The summed E-state index contributed by atoms with van der Waals surface area (Å²) >= 11 is 0. The highest BCUT2D eigenvalue weighted by atomic mass is 16.5. The molecule has 0 aliphatic rings. The van der Waals surface area contributed by atoms with E-state index in [1.165, 1.54) is 6.92 Å². The van der Waals surface area contributed by atoms with Crippen molar-refractivity contribution in [1.29, 1.82) is 10.7 Å². The van der Waals surface area contributed by atoms with Gasteiger partial charge < -0.3 is 14.7 Å². The van der Waals surface area contributed by atoms with Crippen LogP contribution in [0.25, 0.3) is 5.69 Å². The topological polar surface area (TPSA) is 95.9 Å². The van der Waals surface area contributed by atoms with E-state index in [0.29, 0.717) is 5.56 Å². The Balaban J connectivity index is 1.97. The van der Waals surface area contributed by atoms with E-state index in [4.69, 9.17) is 15.4 Å². The van der Waals surface area contributed by atoms with Crippen LogP contribution in [-0.4, -0.2) is 28.6 Å². The maximum absolute atomic E-state index is 11.9. The normalized spacial score (nSPS) is 11.3. The summed E-state index contributed by atoms with van der Waals surface area (Å²) < 4.78 is 6.80. The first-order valence-electron chi connectivity index (χ1n) is 6.91. The zero-order chi connectivity index (χ0) is 16.8. The summed E-state index contributed by atoms with van der Waals surface area (Å²) in [5, 5.41) is 16.2. The van der Waals surface area contributed by atoms with Gasteiger partial charge in [0.25, 0.3) is 0 Å². The van der Waals surface area contributed by atoms with Gasteiger partial charge in [-0.15, -0.1) is 0 Å². The van der Waals surface area contributed by atoms with Crippen molar-refractivity contribution in [3.05, 3.63) is 54.4 Å². The smallest absolute Gasteiger partial charge is 0.338 e. The molecule has 1 aromatic heterocycles. The molecule has 1 atom stereocenters. The maximum Gasteiger partial charge on any atom is 0.338 e. The number of nitriles is 1. The summed E-state index contributed by atoms with van der Waals surface area (Å²) in [6.07, 6.45) is 3.77. The summed E-state index contributed by atoms with van der Waals surface area (Å²) in [7, 11) is 0. The molecule has 0 spiro atoms. The largest absolute Gasteiger partial charge is 0.454 e. The van der Waals surface area contributed by atoms with E-state index in [-0.39, 0.29) is 5.71 Å². The van der Waals surface area contributed by atoms with Gasteiger partial charge in [0, 0.05) is 23.8 Å². The maximum atomic E-state index is 11.9. The number of carbonyl (C=O) groups is 2. The fraction of sp³-hybridized carbons (Fsp3) is 0.176. The molecule has 0 bridgehead atoms. The molecule has 0 aliphatic carbocycles. The van der Waals surface area contributed by atoms with Crippen LogP contribution in [0.15, 0.2) is 48.8 Å². The second kappa shape index (κ2) is 7.18. The molecule has 1 aromatic carbocycles. The minimum Gasteiger partial charge on any atom is -0.454 e. The van der Waals surface area contributed by atoms with Crippen molar-refractivity contribution in [2.45, 2.75) is 6.92 Å². The Morgan fingerprint density at radius 2 is 1.87 bits per heavy atom. The van der Waals surface area contributed by atoms with Gasteiger partial charge in [-0.05, 0) is 43.3 Å². The number of carbonyl (C=O) groups excluding carboxylic acids is 2. The average Bonchev–Trinajstić information content (AvgIpc) is 3.07. The lowest BCUT2D eigenvalue weighted by Crippen LogP contribution is -2.25. The number of ether oxygens (including phenoxy) is 1. The number of benzene rings is 1. The van der Waals surface area contributed by atoms with Crippen LogP contribution in [0, 0.1) is 22.7 Å². The molecule has 0 radical (unpaired) electrons. The van der Waals surface area contributed by atoms with E-state index < -0.39 is 24.3 Å². The van der Waals surface area contributed by atoms with Crippen molar-refractivity contribution in [2.24, 2.45) is 5.92 Å². The summed E-state index contributed by atoms with van der Waals surface area (Å²) in [4.78, 5) is 23.6. The summed E-state index contributed by atoms with van der Waals surface area (Å²) in [5.41, 5.74) is 1.14. The molecular formula is C17H15N3O3. The Kier molecular flexibility index (Phi) is 5.05. The van der Waals surface area contributed by atoms with E-state index in [0.717, 1.165) is 5.69 Å². The van der Waals surface area contributed by atoms with Crippen LogP contribution in [0.1, 0.15) is 17.3 Å². The van der Waals surface area contributed by atoms with Gasteiger partial charge in [0.05, 0.1) is 11.6 Å². The fourth-order valence-corrected chi connectivity index (χ4v) is 1.99. The molecule has 1 unspecified atom stereocenters. The number of hydrogen-bond donors (Lipinski definition) is 1. The number of ketones is 1. The minimum atomic E-state index is -1.17. The van der Waals surface area contributed by atoms with Crippen LogP contribution in [0.3, 0.4) is 0 Å². The van der Waals surface area contributed by atoms with Crippen molar-refractivity contribution in [2.75, 3.05) is 6.61 Å². The van der Waals surface area contributed by atoms with E-state index >= 15 is 0 Å². The number of aromatic nitrogens is 1. The first-order chi connectivity index (χ1) is 11.0. The minimum absolute atomic E-state index is 0.0652. The van der Waals surface area contributed by atoms with Crippen LogP contribution in [0.5, 0.6) is 0 Å². The van der Waals surface area contributed by atoms with Gasteiger partial charge >= 0.3 is 5.97 Å². The molecule has 6 heteroatoms. The lowest BCUT2D eigenvalue weighted by atomic mass is 10.0. The third-order valence-electron chi connectivity index (χ3n) is 3.24. The molecule has 0 saturated carbocycles. The molecule has 0 saturated heterocycles. The standard InChI is InChI=1S/C17H15N3O3/c1-12(19)15(10-18)16(21)11-23-17(22)13-4-6-14(7-5-13)20-8-2-3-9-20/h2-9,15,19H,11H2,1H3. The molecule has 2 rings (SSSR count). The van der Waals surface area contributed by atoms with E-state index in [1.54, 1.807) is 30.3 Å². The predicted molar refractivity (Wildman–Crippen MR) is 83.6 cm³/mol. The van der Waals surface area contributed by atoms with Gasteiger partial charge in [-0.3, -0.25) is 4.79 Å². The van der Waals surface area contributed by atoms with Crippen molar-refractivity contribution >= 4 is 17.5 Å². The molecule has 2 aromatic rings. The fourth-order valence-electron chi connectivity index (χ4n) is 1.99. The van der Waals surface area contributed by atoms with Crippen molar-refractivity contribution in [1.82, 2.24) is 4.57 Å². The van der Waals surface area contributed by atoms with Crippen molar-refractivity contribution in [3.63, 3.8) is 0 Å². The second-order valence-corrected chi connectivity index (χ2v) is 4.92. The van der Waals surface area contributed by atoms with Gasteiger partial charge in [0.15, 0.2) is 12.4 Å². The van der Waals surface area contributed by atoms with Crippen LogP contribution in [0.2, 0.25) is 0 Å². The van der Waals surface area contributed by atoms with E-state index in [1.807, 2.05) is 29.1 Å². The average molecular weight is 309 g/mol. The van der Waals surface area contributed by atoms with Gasteiger partial charge in [0.2, 0.25) is 0 Å². The Morgan fingerprint density at radius 1 is 1.26 bits per heavy atom. The van der Waals surface area contributed by atoms with Gasteiger partial charge in [-0.2, -0.15) is 5.26 Å². The van der Waals surface area contributed by atoms with Crippen LogP contribution < -0.4 is 0 Å². The molecule has 1 heterocycles. The zero-order valence-corrected chi connectivity index (χ0v) is 12.5. The first-order valence-corrected chi connectivity index (χ1v) is 6.91. The van der Waals surface area contributed by atoms with Crippen LogP contribution in [0.4, 0.5) is 0 Å². The summed E-state index contributed by atoms with van der Waals surface area (Å²) in [6, 6.07) is 12.2. The highest BCUT2D eigenvalue weighted by Gasteiger charge is 2.21. The Morgan fingerprint density at radius 3 is 2.39 bits per heavy atom. The Bertz CT molecular complexity index is 755. The molecular weight excluding hydrogens is 294 g/mol. The Labute approximate surface area is 133 Å². The quantitative estimate of drug-likeness (QED) is 0.654. The molecule has 0 aliphatic heterocycles. The Hall–Kier alpha value is -3.20. The van der Waals surface area contributed by atoms with Crippen LogP contribution >= 0.6 is 0 Å². The molecule has 0 amide bonds. The van der Waals surface area contributed by atoms with Gasteiger partial charge in [0.1, 0.15) is 5.92 Å². The van der Waals surface area contributed by atoms with Crippen molar-refractivity contribution < 1.29 is 14.3 Å². The zero-order valence-electron chi connectivity index (χ0n) is 12.5. The summed E-state index contributed by atoms with van der Waals surface area (Å²) in [5.74, 6) is -2.41. The summed E-state index contributed by atoms with van der Waals surface area (Å²) in [6.45, 7) is 0.847. The number of nitrogens with zero attached hydrogens (tertiary/aromatic N) is 2. The number of rotatable bonds is 6. The number of esters is 1. The molecule has 23 heavy (non-hydrogen) atoms. The third kappa shape index (κ3) is 3.92. The van der Waals surface area contributed by atoms with Crippen molar-refractivity contribution in [3.8, 4) is 11.8 Å².